The maximum Gasteiger partial charge on any atom is 0.222 e. The lowest BCUT2D eigenvalue weighted by atomic mass is 10.1. The van der Waals surface area contributed by atoms with Crippen molar-refractivity contribution in [3.63, 3.8) is 0 Å². The Balaban J connectivity index is 1.86. The van der Waals surface area contributed by atoms with Gasteiger partial charge < -0.3 is 4.90 Å². The fourth-order valence-corrected chi connectivity index (χ4v) is 2.61. The van der Waals surface area contributed by atoms with Crippen LogP contribution in [0.2, 0.25) is 0 Å². The van der Waals surface area contributed by atoms with Gasteiger partial charge in [-0.15, -0.1) is 0 Å². The third-order valence-electron chi connectivity index (χ3n) is 4.02. The van der Waals surface area contributed by atoms with Crippen LogP contribution in [0.1, 0.15) is 35.9 Å². The van der Waals surface area contributed by atoms with Gasteiger partial charge in [-0.1, -0.05) is 0 Å². The van der Waals surface area contributed by atoms with E-state index in [-0.39, 0.29) is 5.91 Å². The van der Waals surface area contributed by atoms with Crippen molar-refractivity contribution in [1.29, 1.82) is 0 Å². The number of nitrogens with zero attached hydrogens (tertiary/aromatic N) is 3. The summed E-state index contributed by atoms with van der Waals surface area (Å²) in [5.74, 6) is 0.205. The first-order valence-corrected chi connectivity index (χ1v) is 7.79. The molecule has 0 atom stereocenters. The molecule has 2 heterocycles. The summed E-state index contributed by atoms with van der Waals surface area (Å²) in [7, 11) is 0. The molecule has 0 unspecified atom stereocenters. The zero-order valence-electron chi connectivity index (χ0n) is 13.6. The highest BCUT2D eigenvalue weighted by Gasteiger charge is 2.14. The number of amides is 1. The molecule has 0 radical (unpaired) electrons. The Kier molecular flexibility index (Phi) is 5.69. The van der Waals surface area contributed by atoms with Gasteiger partial charge in [0.2, 0.25) is 5.91 Å². The van der Waals surface area contributed by atoms with Gasteiger partial charge in [-0.25, -0.2) is 0 Å². The molecule has 0 saturated heterocycles. The first kappa shape index (κ1) is 16.2. The summed E-state index contributed by atoms with van der Waals surface area (Å²) in [4.78, 5) is 18.3. The molecule has 2 aromatic rings. The first-order valence-electron chi connectivity index (χ1n) is 7.79. The minimum Gasteiger partial charge on any atom is -0.343 e. The second-order valence-corrected chi connectivity index (χ2v) is 5.49. The van der Waals surface area contributed by atoms with E-state index < -0.39 is 0 Å². The third kappa shape index (κ3) is 4.16. The summed E-state index contributed by atoms with van der Waals surface area (Å²) in [6.07, 6.45) is 5.73. The normalized spacial score (nSPS) is 10.7. The molecule has 0 aromatic carbocycles. The summed E-state index contributed by atoms with van der Waals surface area (Å²) >= 11 is 0. The average Bonchev–Trinajstić information content (AvgIpc) is 2.85. The molecule has 2 aromatic heterocycles. The highest BCUT2D eigenvalue weighted by molar-refractivity contribution is 5.76. The quantitative estimate of drug-likeness (QED) is 0.854. The lowest BCUT2D eigenvalue weighted by molar-refractivity contribution is -0.130. The summed E-state index contributed by atoms with van der Waals surface area (Å²) in [5, 5.41) is 7.15. The van der Waals surface area contributed by atoms with Crippen LogP contribution in [0.4, 0.5) is 0 Å². The molecule has 0 bridgehead atoms. The molecule has 1 N–H and O–H groups in total. The van der Waals surface area contributed by atoms with Crippen LogP contribution in [0.3, 0.4) is 0 Å². The average molecular weight is 300 g/mol. The van der Waals surface area contributed by atoms with Crippen molar-refractivity contribution in [2.24, 2.45) is 0 Å². The first-order chi connectivity index (χ1) is 10.6. The zero-order chi connectivity index (χ0) is 15.9. The second-order valence-electron chi connectivity index (χ2n) is 5.49. The zero-order valence-corrected chi connectivity index (χ0v) is 13.6. The van der Waals surface area contributed by atoms with E-state index in [9.17, 15) is 4.79 Å². The van der Waals surface area contributed by atoms with Gasteiger partial charge in [0, 0.05) is 37.6 Å². The van der Waals surface area contributed by atoms with E-state index in [0.717, 1.165) is 37.3 Å². The largest absolute Gasteiger partial charge is 0.343 e. The Bertz CT molecular complexity index is 587. The molecule has 0 aliphatic heterocycles. The van der Waals surface area contributed by atoms with Gasteiger partial charge in [0.15, 0.2) is 0 Å². The molecule has 118 valence electrons. The van der Waals surface area contributed by atoms with Crippen molar-refractivity contribution in [2.75, 3.05) is 13.1 Å². The Labute approximate surface area is 131 Å². The van der Waals surface area contributed by atoms with E-state index in [4.69, 9.17) is 0 Å². The lowest BCUT2D eigenvalue weighted by Gasteiger charge is -2.21. The van der Waals surface area contributed by atoms with Gasteiger partial charge in [-0.05, 0) is 56.9 Å². The number of carbonyl (C=O) groups is 1. The fourth-order valence-electron chi connectivity index (χ4n) is 2.61. The van der Waals surface area contributed by atoms with E-state index in [1.165, 1.54) is 11.1 Å². The molecule has 2 rings (SSSR count). The van der Waals surface area contributed by atoms with E-state index in [1.54, 1.807) is 12.4 Å². The summed E-state index contributed by atoms with van der Waals surface area (Å²) in [6, 6.07) is 3.99. The minimum atomic E-state index is 0.205. The number of aromatic nitrogens is 3. The van der Waals surface area contributed by atoms with Gasteiger partial charge in [0.25, 0.3) is 0 Å². The van der Waals surface area contributed by atoms with Crippen molar-refractivity contribution >= 4 is 5.91 Å². The number of hydrogen-bond acceptors (Lipinski definition) is 3. The molecule has 0 fully saturated rings. The molecule has 0 aliphatic rings. The topological polar surface area (TPSA) is 61.9 Å². The van der Waals surface area contributed by atoms with Crippen LogP contribution < -0.4 is 0 Å². The van der Waals surface area contributed by atoms with Crippen LogP contribution in [0, 0.1) is 13.8 Å². The van der Waals surface area contributed by atoms with Crippen molar-refractivity contribution in [1.82, 2.24) is 20.1 Å². The SMILES string of the molecule is CCN(CCc1ccncc1)C(=O)CCc1c(C)n[nH]c1C. The Morgan fingerprint density at radius 1 is 1.23 bits per heavy atom. The van der Waals surface area contributed by atoms with Crippen LogP contribution in [-0.4, -0.2) is 39.1 Å². The van der Waals surface area contributed by atoms with Crippen LogP contribution in [0.5, 0.6) is 0 Å². The fraction of sp³-hybridized carbons (Fsp3) is 0.471. The number of likely N-dealkylation sites (N-methyl/N-ethyl adjacent to an activating group) is 1. The van der Waals surface area contributed by atoms with Crippen LogP contribution in [-0.2, 0) is 17.6 Å². The van der Waals surface area contributed by atoms with E-state index in [2.05, 4.69) is 15.2 Å². The molecule has 0 aliphatic carbocycles. The lowest BCUT2D eigenvalue weighted by Crippen LogP contribution is -2.32. The molecular formula is C17H24N4O. The number of aromatic amines is 1. The van der Waals surface area contributed by atoms with Crippen molar-refractivity contribution < 1.29 is 4.79 Å². The van der Waals surface area contributed by atoms with Crippen LogP contribution in [0.15, 0.2) is 24.5 Å². The molecule has 1 amide bonds. The predicted octanol–water partition coefficient (Wildman–Crippen LogP) is 2.45. The van der Waals surface area contributed by atoms with E-state index in [1.807, 2.05) is 37.8 Å². The highest BCUT2D eigenvalue weighted by Crippen LogP contribution is 2.13. The molecule has 0 saturated carbocycles. The van der Waals surface area contributed by atoms with Gasteiger partial charge in [0.1, 0.15) is 0 Å². The number of H-pyrrole nitrogens is 1. The van der Waals surface area contributed by atoms with Gasteiger partial charge in [-0.2, -0.15) is 5.10 Å². The Hall–Kier alpha value is -2.17. The predicted molar refractivity (Wildman–Crippen MR) is 86.6 cm³/mol. The smallest absolute Gasteiger partial charge is 0.222 e. The van der Waals surface area contributed by atoms with Crippen LogP contribution in [0.25, 0.3) is 0 Å². The van der Waals surface area contributed by atoms with E-state index >= 15 is 0 Å². The second kappa shape index (κ2) is 7.73. The molecule has 0 spiro atoms. The standard InChI is InChI=1S/C17H24N4O/c1-4-21(12-9-15-7-10-18-11-8-15)17(22)6-5-16-13(2)19-20-14(16)3/h7-8,10-11H,4-6,9,12H2,1-3H3,(H,19,20). The molecule has 5 nitrogen and oxygen atoms in total. The molecule has 22 heavy (non-hydrogen) atoms. The van der Waals surface area contributed by atoms with Crippen molar-refractivity contribution in [3.8, 4) is 0 Å². The Morgan fingerprint density at radius 2 is 1.95 bits per heavy atom. The maximum absolute atomic E-state index is 12.4. The monoisotopic (exact) mass is 300 g/mol. The highest BCUT2D eigenvalue weighted by atomic mass is 16.2. The van der Waals surface area contributed by atoms with Gasteiger partial charge in [0.05, 0.1) is 5.69 Å². The number of pyridine rings is 1. The molecular weight excluding hydrogens is 276 g/mol. The third-order valence-corrected chi connectivity index (χ3v) is 4.02. The number of aryl methyl sites for hydroxylation is 2. The summed E-state index contributed by atoms with van der Waals surface area (Å²) in [6.45, 7) is 7.50. The summed E-state index contributed by atoms with van der Waals surface area (Å²) < 4.78 is 0. The van der Waals surface area contributed by atoms with Crippen molar-refractivity contribution in [3.05, 3.63) is 47.0 Å². The number of rotatable bonds is 7. The number of nitrogens with one attached hydrogen (secondary N) is 1. The molecule has 5 heteroatoms. The number of hydrogen-bond donors (Lipinski definition) is 1. The van der Waals surface area contributed by atoms with E-state index in [0.29, 0.717) is 6.42 Å². The van der Waals surface area contributed by atoms with Gasteiger partial charge >= 0.3 is 0 Å². The Morgan fingerprint density at radius 3 is 2.55 bits per heavy atom. The van der Waals surface area contributed by atoms with Crippen molar-refractivity contribution in [2.45, 2.75) is 40.0 Å². The number of carbonyl (C=O) groups excluding carboxylic acids is 1. The minimum absolute atomic E-state index is 0.205. The van der Waals surface area contributed by atoms with Gasteiger partial charge in [-0.3, -0.25) is 14.9 Å². The van der Waals surface area contributed by atoms with Crippen LogP contribution >= 0.6 is 0 Å². The summed E-state index contributed by atoms with van der Waals surface area (Å²) in [5.41, 5.74) is 4.43. The maximum atomic E-state index is 12.4.